The number of hydrogen-bond donors (Lipinski definition) is 1. The third kappa shape index (κ3) is 4.88. The lowest BCUT2D eigenvalue weighted by molar-refractivity contribution is -0.132. The molecule has 0 saturated carbocycles. The fourth-order valence-electron chi connectivity index (χ4n) is 4.12. The average Bonchev–Trinajstić information content (AvgIpc) is 3.11. The Morgan fingerprint density at radius 3 is 2.43 bits per heavy atom. The average molecular weight is 492 g/mol. The molecule has 180 valence electrons. The van der Waals surface area contributed by atoms with E-state index in [4.69, 9.17) is 21.1 Å². The number of nitrogens with zero attached hydrogens (tertiary/aromatic N) is 1. The summed E-state index contributed by atoms with van der Waals surface area (Å²) in [4.78, 5) is 28.0. The Balaban J connectivity index is 1.94. The van der Waals surface area contributed by atoms with Gasteiger partial charge in [0.25, 0.3) is 11.7 Å². The summed E-state index contributed by atoms with van der Waals surface area (Å²) in [6, 6.07) is 20.0. The summed E-state index contributed by atoms with van der Waals surface area (Å²) in [5.41, 5.74) is 1.30. The first kappa shape index (κ1) is 24.4. The Labute approximate surface area is 209 Å². The van der Waals surface area contributed by atoms with Crippen molar-refractivity contribution in [3.8, 4) is 11.5 Å². The van der Waals surface area contributed by atoms with Crippen LogP contribution in [-0.2, 0) is 9.59 Å². The van der Waals surface area contributed by atoms with E-state index in [2.05, 4.69) is 0 Å². The van der Waals surface area contributed by atoms with Crippen LogP contribution in [0.25, 0.3) is 5.76 Å². The fourth-order valence-corrected chi connectivity index (χ4v) is 4.33. The molecule has 7 heteroatoms. The first-order chi connectivity index (χ1) is 16.8. The molecule has 3 aromatic carbocycles. The number of anilines is 1. The minimum absolute atomic E-state index is 0.0592. The highest BCUT2D eigenvalue weighted by molar-refractivity contribution is 6.52. The highest BCUT2D eigenvalue weighted by Crippen LogP contribution is 2.44. The van der Waals surface area contributed by atoms with Crippen molar-refractivity contribution in [3.63, 3.8) is 0 Å². The van der Waals surface area contributed by atoms with Gasteiger partial charge in [0, 0.05) is 11.3 Å². The van der Waals surface area contributed by atoms with E-state index < -0.39 is 17.7 Å². The van der Waals surface area contributed by atoms with Crippen molar-refractivity contribution < 1.29 is 24.2 Å². The van der Waals surface area contributed by atoms with Crippen LogP contribution in [0.15, 0.2) is 78.4 Å². The Bertz CT molecular complexity index is 1290. The van der Waals surface area contributed by atoms with Crippen LogP contribution < -0.4 is 14.4 Å². The summed E-state index contributed by atoms with van der Waals surface area (Å²) in [7, 11) is 0. The van der Waals surface area contributed by atoms with Gasteiger partial charge >= 0.3 is 0 Å². The number of ether oxygens (including phenoxy) is 2. The Hall–Kier alpha value is -3.77. The number of Topliss-reactive ketones (excluding diaryl/α,β-unsaturated/α-hetero) is 1. The van der Waals surface area contributed by atoms with Gasteiger partial charge in [-0.2, -0.15) is 0 Å². The van der Waals surface area contributed by atoms with Gasteiger partial charge in [0.1, 0.15) is 17.3 Å². The number of benzene rings is 3. The molecule has 1 heterocycles. The van der Waals surface area contributed by atoms with E-state index in [1.807, 2.05) is 26.8 Å². The number of halogens is 1. The zero-order chi connectivity index (χ0) is 25.1. The molecule has 1 N–H and O–H groups in total. The van der Waals surface area contributed by atoms with Crippen molar-refractivity contribution in [3.05, 3.63) is 94.5 Å². The van der Waals surface area contributed by atoms with E-state index in [0.717, 1.165) is 0 Å². The van der Waals surface area contributed by atoms with Crippen molar-refractivity contribution in [2.75, 3.05) is 11.5 Å². The Kier molecular flexibility index (Phi) is 7.12. The molecule has 1 aliphatic rings. The zero-order valence-corrected chi connectivity index (χ0v) is 20.5. The molecule has 0 bridgehead atoms. The lowest BCUT2D eigenvalue weighted by Crippen LogP contribution is -2.29. The smallest absolute Gasteiger partial charge is 0.300 e. The number of amides is 1. The number of rotatable bonds is 7. The summed E-state index contributed by atoms with van der Waals surface area (Å²) in [5.74, 6) is -0.833. The lowest BCUT2D eigenvalue weighted by atomic mass is 9.95. The molecule has 1 saturated heterocycles. The maximum atomic E-state index is 13.4. The molecule has 3 aromatic rings. The third-order valence-corrected chi connectivity index (χ3v) is 5.86. The molecule has 4 rings (SSSR count). The normalized spacial score (nSPS) is 17.2. The standard InChI is InChI=1S/C28H26ClNO5/c1-4-34-20-13-14-23(29)22(16-20)26(31)24-25(18-9-8-12-21(15-18)35-17(2)3)30(28(33)27(24)32)19-10-6-5-7-11-19/h5-17,25,31H,4H2,1-3H3/b26-24+. The molecule has 35 heavy (non-hydrogen) atoms. The monoisotopic (exact) mass is 491 g/mol. The second-order valence-corrected chi connectivity index (χ2v) is 8.73. The van der Waals surface area contributed by atoms with Crippen molar-refractivity contribution in [2.24, 2.45) is 0 Å². The molecule has 0 aliphatic carbocycles. The second kappa shape index (κ2) is 10.2. The first-order valence-corrected chi connectivity index (χ1v) is 11.7. The molecule has 6 nitrogen and oxygen atoms in total. The van der Waals surface area contributed by atoms with Crippen molar-refractivity contribution in [1.82, 2.24) is 0 Å². The first-order valence-electron chi connectivity index (χ1n) is 11.4. The van der Waals surface area contributed by atoms with Crippen LogP contribution in [0.4, 0.5) is 5.69 Å². The van der Waals surface area contributed by atoms with Gasteiger partial charge in [0.15, 0.2) is 0 Å². The van der Waals surface area contributed by atoms with Crippen molar-refractivity contribution in [1.29, 1.82) is 0 Å². The summed E-state index contributed by atoms with van der Waals surface area (Å²) >= 11 is 6.40. The van der Waals surface area contributed by atoms with Crippen LogP contribution in [0.2, 0.25) is 5.02 Å². The van der Waals surface area contributed by atoms with E-state index in [1.54, 1.807) is 66.7 Å². The predicted molar refractivity (Wildman–Crippen MR) is 136 cm³/mol. The summed E-state index contributed by atoms with van der Waals surface area (Å²) in [6.45, 7) is 6.08. The van der Waals surface area contributed by atoms with Gasteiger partial charge in [-0.15, -0.1) is 0 Å². The van der Waals surface area contributed by atoms with E-state index in [9.17, 15) is 14.7 Å². The molecule has 1 aliphatic heterocycles. The molecule has 0 radical (unpaired) electrons. The Morgan fingerprint density at radius 2 is 1.74 bits per heavy atom. The maximum Gasteiger partial charge on any atom is 0.300 e. The van der Waals surface area contributed by atoms with Gasteiger partial charge in [-0.25, -0.2) is 0 Å². The number of hydrogen-bond acceptors (Lipinski definition) is 5. The van der Waals surface area contributed by atoms with Gasteiger partial charge in [0.05, 0.1) is 29.3 Å². The van der Waals surface area contributed by atoms with Gasteiger partial charge in [0.2, 0.25) is 0 Å². The topological polar surface area (TPSA) is 76.1 Å². The predicted octanol–water partition coefficient (Wildman–Crippen LogP) is 6.15. The summed E-state index contributed by atoms with van der Waals surface area (Å²) in [6.07, 6.45) is -0.0640. The van der Waals surface area contributed by atoms with Gasteiger partial charge in [-0.05, 0) is 68.8 Å². The van der Waals surface area contributed by atoms with Crippen LogP contribution in [0, 0.1) is 0 Å². The molecule has 1 fully saturated rings. The van der Waals surface area contributed by atoms with E-state index in [1.165, 1.54) is 4.90 Å². The van der Waals surface area contributed by atoms with Gasteiger partial charge in [-0.3, -0.25) is 14.5 Å². The van der Waals surface area contributed by atoms with Gasteiger partial charge < -0.3 is 14.6 Å². The summed E-state index contributed by atoms with van der Waals surface area (Å²) < 4.78 is 11.4. The van der Waals surface area contributed by atoms with Crippen LogP contribution >= 0.6 is 11.6 Å². The number of carbonyl (C=O) groups excluding carboxylic acids is 2. The molecular formula is C28H26ClNO5. The molecule has 1 amide bonds. The van der Waals surface area contributed by atoms with Crippen LogP contribution in [0.5, 0.6) is 11.5 Å². The minimum atomic E-state index is -0.889. The van der Waals surface area contributed by atoms with Crippen molar-refractivity contribution >= 4 is 34.7 Å². The number of ketones is 1. The quantitative estimate of drug-likeness (QED) is 0.243. The van der Waals surface area contributed by atoms with Crippen LogP contribution in [0.3, 0.4) is 0 Å². The molecule has 1 atom stereocenters. The van der Waals surface area contributed by atoms with E-state index >= 15 is 0 Å². The number of carbonyl (C=O) groups is 2. The molecule has 0 spiro atoms. The number of aliphatic hydroxyl groups is 1. The maximum absolute atomic E-state index is 13.4. The molecular weight excluding hydrogens is 466 g/mol. The number of aliphatic hydroxyl groups excluding tert-OH is 1. The zero-order valence-electron chi connectivity index (χ0n) is 19.7. The SMILES string of the molecule is CCOc1ccc(Cl)c(/C(O)=C2\C(=O)C(=O)N(c3ccccc3)C2c2cccc(OC(C)C)c2)c1. The highest BCUT2D eigenvalue weighted by atomic mass is 35.5. The lowest BCUT2D eigenvalue weighted by Gasteiger charge is -2.26. The van der Waals surface area contributed by atoms with Gasteiger partial charge in [-0.1, -0.05) is 41.9 Å². The summed E-state index contributed by atoms with van der Waals surface area (Å²) in [5, 5.41) is 11.6. The molecule has 1 unspecified atom stereocenters. The minimum Gasteiger partial charge on any atom is -0.507 e. The van der Waals surface area contributed by atoms with E-state index in [-0.39, 0.29) is 28.0 Å². The second-order valence-electron chi connectivity index (χ2n) is 8.32. The molecule has 0 aromatic heterocycles. The Morgan fingerprint density at radius 1 is 1.00 bits per heavy atom. The third-order valence-electron chi connectivity index (χ3n) is 5.53. The van der Waals surface area contributed by atoms with Crippen molar-refractivity contribution in [2.45, 2.75) is 32.9 Å². The van der Waals surface area contributed by atoms with Crippen LogP contribution in [-0.4, -0.2) is 29.5 Å². The van der Waals surface area contributed by atoms with E-state index in [0.29, 0.717) is 29.4 Å². The highest BCUT2D eigenvalue weighted by Gasteiger charge is 2.47. The fraction of sp³-hybridized carbons (Fsp3) is 0.214. The number of para-hydroxylation sites is 1. The van der Waals surface area contributed by atoms with Crippen LogP contribution in [0.1, 0.15) is 37.9 Å². The largest absolute Gasteiger partial charge is 0.507 e.